The number of halogens is 2. The summed E-state index contributed by atoms with van der Waals surface area (Å²) < 4.78 is 1.06. The van der Waals surface area contributed by atoms with Crippen molar-refractivity contribution in [3.8, 4) is 0 Å². The topological polar surface area (TPSA) is 64.0 Å². The lowest BCUT2D eigenvalue weighted by Gasteiger charge is -2.07. The van der Waals surface area contributed by atoms with E-state index in [9.17, 15) is 9.59 Å². The summed E-state index contributed by atoms with van der Waals surface area (Å²) in [5.74, 6) is -0.376. The molecule has 0 aliphatic carbocycles. The highest BCUT2D eigenvalue weighted by Gasteiger charge is 2.06. The van der Waals surface area contributed by atoms with Crippen molar-refractivity contribution < 1.29 is 4.79 Å². The van der Waals surface area contributed by atoms with Gasteiger partial charge in [0.15, 0.2) is 0 Å². The van der Waals surface area contributed by atoms with Crippen molar-refractivity contribution in [2.75, 3.05) is 5.32 Å². The quantitative estimate of drug-likeness (QED) is 0.944. The zero-order valence-electron chi connectivity index (χ0n) is 9.64. The van der Waals surface area contributed by atoms with Gasteiger partial charge in [-0.05, 0) is 24.3 Å². The Morgan fingerprint density at radius 3 is 2.74 bits per heavy atom. The lowest BCUT2D eigenvalue weighted by Crippen LogP contribution is -2.28. The smallest absolute Gasteiger partial charge is 0.267 e. The summed E-state index contributed by atoms with van der Waals surface area (Å²) in [5.41, 5.74) is 0.162. The zero-order chi connectivity index (χ0) is 13.8. The molecule has 0 aliphatic rings. The molecule has 1 heterocycles. The molecule has 19 heavy (non-hydrogen) atoms. The van der Waals surface area contributed by atoms with Crippen molar-refractivity contribution in [3.05, 3.63) is 56.9 Å². The molecule has 0 atom stereocenters. The Kier molecular flexibility index (Phi) is 4.19. The zero-order valence-corrected chi connectivity index (χ0v) is 11.1. The molecule has 0 bridgehead atoms. The highest BCUT2D eigenvalue weighted by Crippen LogP contribution is 2.24. The summed E-state index contributed by atoms with van der Waals surface area (Å²) in [7, 11) is 0. The van der Waals surface area contributed by atoms with Gasteiger partial charge in [-0.2, -0.15) is 5.10 Å². The maximum Gasteiger partial charge on any atom is 0.267 e. The molecule has 2 rings (SSSR count). The van der Waals surface area contributed by atoms with Gasteiger partial charge in [-0.3, -0.25) is 9.59 Å². The van der Waals surface area contributed by atoms with E-state index in [1.165, 1.54) is 24.4 Å². The number of benzene rings is 1. The molecule has 0 saturated carbocycles. The van der Waals surface area contributed by atoms with Crippen LogP contribution in [0.25, 0.3) is 0 Å². The molecule has 0 saturated heterocycles. The first kappa shape index (κ1) is 13.6. The van der Waals surface area contributed by atoms with Gasteiger partial charge in [0.05, 0.1) is 10.0 Å². The summed E-state index contributed by atoms with van der Waals surface area (Å²) in [4.78, 5) is 23.1. The van der Waals surface area contributed by atoms with E-state index in [0.29, 0.717) is 15.7 Å². The highest BCUT2D eigenvalue weighted by atomic mass is 35.5. The molecule has 5 nitrogen and oxygen atoms in total. The molecule has 0 aliphatic heterocycles. The van der Waals surface area contributed by atoms with Crippen molar-refractivity contribution in [1.82, 2.24) is 9.78 Å². The Labute approximate surface area is 118 Å². The van der Waals surface area contributed by atoms with Gasteiger partial charge in [0.2, 0.25) is 5.91 Å². The third-order valence-corrected chi connectivity index (χ3v) is 3.02. The molecule has 0 spiro atoms. The van der Waals surface area contributed by atoms with Gasteiger partial charge in [0, 0.05) is 18.0 Å². The van der Waals surface area contributed by atoms with Crippen molar-refractivity contribution >= 4 is 34.8 Å². The van der Waals surface area contributed by atoms with Crippen LogP contribution in [0.1, 0.15) is 0 Å². The van der Waals surface area contributed by atoms with Crippen LogP contribution in [0, 0.1) is 0 Å². The highest BCUT2D eigenvalue weighted by molar-refractivity contribution is 6.42. The van der Waals surface area contributed by atoms with Crippen molar-refractivity contribution in [1.29, 1.82) is 0 Å². The number of amides is 1. The fourth-order valence-corrected chi connectivity index (χ4v) is 1.71. The van der Waals surface area contributed by atoms with Crippen LogP contribution in [0.3, 0.4) is 0 Å². The van der Waals surface area contributed by atoms with E-state index in [1.54, 1.807) is 12.1 Å². The molecular weight excluding hydrogens is 289 g/mol. The standard InChI is InChI=1S/C12H9Cl2N3O2/c13-9-4-3-8(6-10(9)14)16-11(18)7-17-12(19)2-1-5-15-17/h1-6H,7H2,(H,16,18). The molecule has 1 amide bonds. The van der Waals surface area contributed by atoms with Crippen molar-refractivity contribution in [2.45, 2.75) is 6.54 Å². The predicted octanol–water partition coefficient (Wildman–Crippen LogP) is 2.19. The Bertz CT molecular complexity index is 670. The van der Waals surface area contributed by atoms with Gasteiger partial charge >= 0.3 is 0 Å². The van der Waals surface area contributed by atoms with Crippen molar-refractivity contribution in [3.63, 3.8) is 0 Å². The number of anilines is 1. The number of aromatic nitrogens is 2. The van der Waals surface area contributed by atoms with Gasteiger partial charge in [-0.25, -0.2) is 4.68 Å². The monoisotopic (exact) mass is 297 g/mol. The summed E-state index contributed by atoms with van der Waals surface area (Å²) in [6.07, 6.45) is 1.44. The minimum Gasteiger partial charge on any atom is -0.324 e. The number of nitrogens with zero attached hydrogens (tertiary/aromatic N) is 2. The molecule has 1 aromatic carbocycles. The third-order valence-electron chi connectivity index (χ3n) is 2.28. The molecule has 1 N–H and O–H groups in total. The first-order valence-corrected chi connectivity index (χ1v) is 6.09. The Balaban J connectivity index is 2.08. The van der Waals surface area contributed by atoms with E-state index in [-0.39, 0.29) is 18.0 Å². The SMILES string of the molecule is O=C(Cn1ncccc1=O)Nc1ccc(Cl)c(Cl)c1. The summed E-state index contributed by atoms with van der Waals surface area (Å²) in [6, 6.07) is 7.57. The number of carbonyl (C=O) groups excluding carboxylic acids is 1. The Morgan fingerprint density at radius 2 is 2.05 bits per heavy atom. The number of rotatable bonds is 3. The van der Waals surface area contributed by atoms with Crippen LogP contribution in [0.5, 0.6) is 0 Å². The number of nitrogens with one attached hydrogen (secondary N) is 1. The molecule has 7 heteroatoms. The fourth-order valence-electron chi connectivity index (χ4n) is 1.42. The first-order chi connectivity index (χ1) is 9.06. The number of hydrogen-bond acceptors (Lipinski definition) is 3. The molecule has 0 fully saturated rings. The third kappa shape index (κ3) is 3.56. The van der Waals surface area contributed by atoms with E-state index in [2.05, 4.69) is 10.4 Å². The maximum atomic E-state index is 11.7. The van der Waals surface area contributed by atoms with Crippen LogP contribution >= 0.6 is 23.2 Å². The van der Waals surface area contributed by atoms with E-state index in [4.69, 9.17) is 23.2 Å². The van der Waals surface area contributed by atoms with Crippen LogP contribution in [0.4, 0.5) is 5.69 Å². The van der Waals surface area contributed by atoms with E-state index < -0.39 is 0 Å². The Hall–Kier alpha value is -1.85. The van der Waals surface area contributed by atoms with Crippen LogP contribution in [0.15, 0.2) is 41.3 Å². The van der Waals surface area contributed by atoms with Gasteiger partial charge in [0.25, 0.3) is 5.56 Å². The fraction of sp³-hybridized carbons (Fsp3) is 0.0833. The van der Waals surface area contributed by atoms with Crippen LogP contribution in [-0.4, -0.2) is 15.7 Å². The molecule has 1 aromatic heterocycles. The average Bonchev–Trinajstić information content (AvgIpc) is 2.37. The molecular formula is C12H9Cl2N3O2. The van der Waals surface area contributed by atoms with Crippen LogP contribution in [0.2, 0.25) is 10.0 Å². The second kappa shape index (κ2) is 5.86. The summed E-state index contributed by atoms with van der Waals surface area (Å²) >= 11 is 11.6. The minimum absolute atomic E-state index is 0.167. The second-order valence-corrected chi connectivity index (χ2v) is 4.51. The van der Waals surface area contributed by atoms with Crippen LogP contribution < -0.4 is 10.9 Å². The van der Waals surface area contributed by atoms with Gasteiger partial charge < -0.3 is 5.32 Å². The van der Waals surface area contributed by atoms with Gasteiger partial charge in [-0.1, -0.05) is 23.2 Å². The van der Waals surface area contributed by atoms with E-state index in [0.717, 1.165) is 4.68 Å². The molecule has 2 aromatic rings. The Morgan fingerprint density at radius 1 is 1.26 bits per heavy atom. The largest absolute Gasteiger partial charge is 0.324 e. The predicted molar refractivity (Wildman–Crippen MR) is 73.6 cm³/mol. The molecule has 0 unspecified atom stereocenters. The lowest BCUT2D eigenvalue weighted by molar-refractivity contribution is -0.117. The van der Waals surface area contributed by atoms with E-state index in [1.807, 2.05) is 0 Å². The minimum atomic E-state index is -0.376. The second-order valence-electron chi connectivity index (χ2n) is 3.70. The summed E-state index contributed by atoms with van der Waals surface area (Å²) in [6.45, 7) is -0.167. The van der Waals surface area contributed by atoms with E-state index >= 15 is 0 Å². The number of hydrogen-bond donors (Lipinski definition) is 1. The lowest BCUT2D eigenvalue weighted by atomic mass is 10.3. The first-order valence-electron chi connectivity index (χ1n) is 5.33. The average molecular weight is 298 g/mol. The van der Waals surface area contributed by atoms with Crippen molar-refractivity contribution in [2.24, 2.45) is 0 Å². The summed E-state index contributed by atoms with van der Waals surface area (Å²) in [5, 5.41) is 7.14. The van der Waals surface area contributed by atoms with Gasteiger partial charge in [0.1, 0.15) is 6.54 Å². The molecule has 98 valence electrons. The number of carbonyl (C=O) groups is 1. The normalized spacial score (nSPS) is 10.2. The maximum absolute atomic E-state index is 11.7. The molecule has 0 radical (unpaired) electrons. The van der Waals surface area contributed by atoms with Crippen LogP contribution in [-0.2, 0) is 11.3 Å². The van der Waals surface area contributed by atoms with Gasteiger partial charge in [-0.15, -0.1) is 0 Å².